The molecular weight excluding hydrogens is 263 g/mol. The molecule has 1 aromatic heterocycles. The Hall–Kier alpha value is -0.950. The van der Waals surface area contributed by atoms with Crippen molar-refractivity contribution in [2.75, 3.05) is 30.3 Å². The van der Waals surface area contributed by atoms with Gasteiger partial charge in [0.15, 0.2) is 0 Å². The lowest BCUT2D eigenvalue weighted by molar-refractivity contribution is -0.138. The quantitative estimate of drug-likeness (QED) is 0.783. The first-order chi connectivity index (χ1) is 8.55. The number of alkyl halides is 3. The van der Waals surface area contributed by atoms with Crippen LogP contribution in [-0.2, 0) is 6.18 Å². The van der Waals surface area contributed by atoms with Gasteiger partial charge in [-0.2, -0.15) is 13.2 Å². The van der Waals surface area contributed by atoms with E-state index in [0.717, 1.165) is 31.6 Å². The van der Waals surface area contributed by atoms with Crippen LogP contribution >= 0.6 is 11.8 Å². The van der Waals surface area contributed by atoms with Crippen LogP contribution in [0.5, 0.6) is 0 Å². The zero-order chi connectivity index (χ0) is 12.8. The fourth-order valence-corrected chi connectivity index (χ4v) is 3.47. The average molecular weight is 275 g/mol. The van der Waals surface area contributed by atoms with Crippen LogP contribution in [-0.4, -0.2) is 36.4 Å². The molecule has 18 heavy (non-hydrogen) atoms. The van der Waals surface area contributed by atoms with E-state index in [-0.39, 0.29) is 0 Å². The van der Waals surface area contributed by atoms with Gasteiger partial charge in [-0.1, -0.05) is 0 Å². The second kappa shape index (κ2) is 4.31. The molecule has 3 nitrogen and oxygen atoms in total. The Morgan fingerprint density at radius 3 is 3.06 bits per heavy atom. The lowest BCUT2D eigenvalue weighted by atomic mass is 10.2. The molecule has 1 aromatic rings. The normalized spacial score (nSPS) is 23.5. The number of hydrogen-bond acceptors (Lipinski definition) is 4. The van der Waals surface area contributed by atoms with E-state index in [2.05, 4.69) is 15.2 Å². The van der Waals surface area contributed by atoms with E-state index in [9.17, 15) is 13.2 Å². The Morgan fingerprint density at radius 1 is 1.44 bits per heavy atom. The van der Waals surface area contributed by atoms with Crippen LogP contribution in [0.1, 0.15) is 5.56 Å². The molecule has 0 amide bonds. The summed E-state index contributed by atoms with van der Waals surface area (Å²) in [6, 6.07) is 1.55. The van der Waals surface area contributed by atoms with Crippen molar-refractivity contribution in [3.63, 3.8) is 0 Å². The summed E-state index contributed by atoms with van der Waals surface area (Å²) in [4.78, 5) is 6.78. The van der Waals surface area contributed by atoms with Crippen molar-refractivity contribution in [3.8, 4) is 0 Å². The van der Waals surface area contributed by atoms with Gasteiger partial charge in [0.1, 0.15) is 5.82 Å². The zero-order valence-corrected chi connectivity index (χ0v) is 10.3. The summed E-state index contributed by atoms with van der Waals surface area (Å²) in [5, 5.41) is 3.29. The molecule has 7 heteroatoms. The van der Waals surface area contributed by atoms with Crippen LogP contribution < -0.4 is 10.2 Å². The van der Waals surface area contributed by atoms with E-state index >= 15 is 0 Å². The molecule has 2 aliphatic heterocycles. The van der Waals surface area contributed by atoms with Crippen LogP contribution in [0.2, 0.25) is 0 Å². The van der Waals surface area contributed by atoms with E-state index in [1.165, 1.54) is 17.8 Å². The molecule has 0 unspecified atom stereocenters. The number of fused-ring (bicyclic) bond motifs is 3. The maximum Gasteiger partial charge on any atom is 0.417 e. The van der Waals surface area contributed by atoms with Crippen LogP contribution in [0.25, 0.3) is 0 Å². The van der Waals surface area contributed by atoms with Gasteiger partial charge >= 0.3 is 6.18 Å². The number of halogens is 3. The first-order valence-electron chi connectivity index (χ1n) is 5.73. The molecule has 0 aromatic carbocycles. The summed E-state index contributed by atoms with van der Waals surface area (Å²) in [6.07, 6.45) is -3.38. The van der Waals surface area contributed by atoms with Gasteiger partial charge in [-0.05, 0) is 6.07 Å². The van der Waals surface area contributed by atoms with Crippen LogP contribution in [0, 0.1) is 0 Å². The summed E-state index contributed by atoms with van der Waals surface area (Å²) < 4.78 is 37.9. The molecule has 1 saturated heterocycles. The summed E-state index contributed by atoms with van der Waals surface area (Å²) in [6.45, 7) is 2.52. The third-order valence-corrected chi connectivity index (χ3v) is 4.38. The number of rotatable bonds is 0. The molecule has 0 spiro atoms. The highest BCUT2D eigenvalue weighted by Gasteiger charge is 2.35. The summed E-state index contributed by atoms with van der Waals surface area (Å²) in [7, 11) is 0. The maximum atomic E-state index is 12.6. The third kappa shape index (κ3) is 2.05. The number of piperazine rings is 1. The number of hydrogen-bond donors (Lipinski definition) is 1. The van der Waals surface area contributed by atoms with Crippen molar-refractivity contribution in [1.29, 1.82) is 0 Å². The van der Waals surface area contributed by atoms with Gasteiger partial charge in [0.2, 0.25) is 0 Å². The summed E-state index contributed by atoms with van der Waals surface area (Å²) >= 11 is 1.46. The highest BCUT2D eigenvalue weighted by molar-refractivity contribution is 7.99. The second-order valence-corrected chi connectivity index (χ2v) is 5.47. The molecule has 3 rings (SSSR count). The fraction of sp³-hybridized carbons (Fsp3) is 0.545. The first-order valence-corrected chi connectivity index (χ1v) is 6.71. The summed E-state index contributed by atoms with van der Waals surface area (Å²) in [5.41, 5.74) is -0.665. The van der Waals surface area contributed by atoms with Crippen LogP contribution in [0.15, 0.2) is 17.2 Å². The van der Waals surface area contributed by atoms with Crippen LogP contribution in [0.4, 0.5) is 19.0 Å². The molecule has 1 N–H and O–H groups in total. The number of nitrogens with one attached hydrogen (secondary N) is 1. The number of anilines is 1. The van der Waals surface area contributed by atoms with E-state index in [1.54, 1.807) is 0 Å². The Balaban J connectivity index is 1.96. The van der Waals surface area contributed by atoms with Gasteiger partial charge in [-0.3, -0.25) is 0 Å². The molecule has 1 fully saturated rings. The third-order valence-electron chi connectivity index (χ3n) is 3.21. The standard InChI is InChI=1S/C11H12F3N3S/c12-11(13,14)7-3-9-10(16-4-7)17-2-1-15-5-8(17)6-18-9/h3-4,8,15H,1-2,5-6H2/t8-/m1/s1. The van der Waals surface area contributed by atoms with E-state index in [4.69, 9.17) is 0 Å². The van der Waals surface area contributed by atoms with Crippen molar-refractivity contribution < 1.29 is 13.2 Å². The highest BCUT2D eigenvalue weighted by Crippen LogP contribution is 2.39. The lowest BCUT2D eigenvalue weighted by Crippen LogP contribution is -2.54. The number of aromatic nitrogens is 1. The zero-order valence-electron chi connectivity index (χ0n) is 9.50. The van der Waals surface area contributed by atoms with Crippen molar-refractivity contribution >= 4 is 17.6 Å². The Morgan fingerprint density at radius 2 is 2.28 bits per heavy atom. The smallest absolute Gasteiger partial charge is 0.349 e. The molecule has 1 atom stereocenters. The molecule has 0 bridgehead atoms. The minimum atomic E-state index is -4.32. The number of thioether (sulfide) groups is 1. The molecule has 2 aliphatic rings. The predicted octanol–water partition coefficient (Wildman–Crippen LogP) is 1.98. The largest absolute Gasteiger partial charge is 0.417 e. The fourth-order valence-electron chi connectivity index (χ4n) is 2.29. The predicted molar refractivity (Wildman–Crippen MR) is 64.0 cm³/mol. The Bertz CT molecular complexity index is 463. The van der Waals surface area contributed by atoms with Gasteiger partial charge in [-0.15, -0.1) is 11.8 Å². The second-order valence-electron chi connectivity index (χ2n) is 4.41. The van der Waals surface area contributed by atoms with Gasteiger partial charge in [0.25, 0.3) is 0 Å². The summed E-state index contributed by atoms with van der Waals surface area (Å²) in [5.74, 6) is 1.51. The first kappa shape index (κ1) is 12.1. The van der Waals surface area contributed by atoms with E-state index in [0.29, 0.717) is 16.8 Å². The number of nitrogens with zero attached hydrogens (tertiary/aromatic N) is 2. The lowest BCUT2D eigenvalue weighted by Gasteiger charge is -2.41. The van der Waals surface area contributed by atoms with Gasteiger partial charge in [-0.25, -0.2) is 4.98 Å². The molecule has 98 valence electrons. The van der Waals surface area contributed by atoms with E-state index in [1.807, 2.05) is 0 Å². The minimum Gasteiger partial charge on any atom is -0.349 e. The Kier molecular flexibility index (Phi) is 2.90. The molecule has 3 heterocycles. The van der Waals surface area contributed by atoms with Gasteiger partial charge in [0.05, 0.1) is 16.5 Å². The topological polar surface area (TPSA) is 28.2 Å². The molecule has 0 saturated carbocycles. The van der Waals surface area contributed by atoms with Gasteiger partial charge < -0.3 is 10.2 Å². The monoisotopic (exact) mass is 275 g/mol. The highest BCUT2D eigenvalue weighted by atomic mass is 32.2. The molecule has 0 aliphatic carbocycles. The molecule has 0 radical (unpaired) electrons. The van der Waals surface area contributed by atoms with Gasteiger partial charge in [0, 0.05) is 31.6 Å². The average Bonchev–Trinajstić information content (AvgIpc) is 2.37. The van der Waals surface area contributed by atoms with Crippen molar-refractivity contribution in [1.82, 2.24) is 10.3 Å². The minimum absolute atomic E-state index is 0.334. The van der Waals surface area contributed by atoms with Crippen LogP contribution in [0.3, 0.4) is 0 Å². The Labute approximate surface area is 107 Å². The number of pyridine rings is 1. The molecular formula is C11H12F3N3S. The SMILES string of the molecule is FC(F)(F)c1cnc2c(c1)SC[C@H]1CNCCN21. The van der Waals surface area contributed by atoms with Crippen molar-refractivity contribution in [2.45, 2.75) is 17.1 Å². The van der Waals surface area contributed by atoms with E-state index < -0.39 is 11.7 Å². The maximum absolute atomic E-state index is 12.6. The van der Waals surface area contributed by atoms with Crippen molar-refractivity contribution in [2.24, 2.45) is 0 Å². The van der Waals surface area contributed by atoms with Crippen molar-refractivity contribution in [3.05, 3.63) is 17.8 Å².